The van der Waals surface area contributed by atoms with Crippen LogP contribution in [0.15, 0.2) is 47.5 Å². The number of carboxylic acid groups (broad SMARTS) is 1. The lowest BCUT2D eigenvalue weighted by Crippen LogP contribution is -3.00. The van der Waals surface area contributed by atoms with Crippen LogP contribution in [-0.4, -0.2) is 87.6 Å². The number of hydrogen-bond acceptors (Lipinski definition) is 6. The zero-order chi connectivity index (χ0) is 28.3. The number of rotatable bonds is 8. The van der Waals surface area contributed by atoms with Gasteiger partial charge in [0.15, 0.2) is 0 Å². The van der Waals surface area contributed by atoms with E-state index in [0.29, 0.717) is 5.57 Å². The third-order valence-electron chi connectivity index (χ3n) is 8.80. The molecule has 1 aromatic carbocycles. The van der Waals surface area contributed by atoms with E-state index in [-0.39, 0.29) is 57.5 Å². The lowest BCUT2D eigenvalue weighted by atomic mass is 9.77. The van der Waals surface area contributed by atoms with Crippen LogP contribution in [0.4, 0.5) is 0 Å². The Labute approximate surface area is 274 Å². The van der Waals surface area contributed by atoms with E-state index in [0.717, 1.165) is 58.6 Å². The number of fused-ring (bicyclic) bond motifs is 2. The number of thiazole rings is 1. The van der Waals surface area contributed by atoms with E-state index in [2.05, 4.69) is 52.9 Å². The van der Waals surface area contributed by atoms with E-state index in [4.69, 9.17) is 4.74 Å². The topological polar surface area (TPSA) is 95.4 Å². The highest BCUT2D eigenvalue weighted by atomic mass is 79.9. The number of nitrogens with zero attached hydrogens (tertiary/aromatic N) is 4. The van der Waals surface area contributed by atoms with Gasteiger partial charge in [0.2, 0.25) is 15.8 Å². The number of aromatic nitrogens is 2. The molecule has 2 aromatic heterocycles. The number of β-lactam (4-membered cyclic amide) rings is 1. The molecule has 2 saturated heterocycles. The lowest BCUT2D eigenvalue weighted by molar-refractivity contribution is -0.929. The normalized spacial score (nSPS) is 23.7. The molecule has 2 fully saturated rings. The average molecular weight is 745 g/mol. The van der Waals surface area contributed by atoms with Crippen LogP contribution < -0.4 is 38.5 Å². The van der Waals surface area contributed by atoms with Crippen molar-refractivity contribution in [1.29, 1.82) is 0 Å². The number of aliphatic hydroxyl groups is 1. The predicted octanol–water partition coefficient (Wildman–Crippen LogP) is -3.30. The van der Waals surface area contributed by atoms with Gasteiger partial charge in [0.25, 0.3) is 6.33 Å². The minimum absolute atomic E-state index is 0. The Bertz CT molecular complexity index is 1530. The van der Waals surface area contributed by atoms with Crippen molar-refractivity contribution < 1.29 is 67.6 Å². The summed E-state index contributed by atoms with van der Waals surface area (Å²) in [7, 11) is 2.31. The third-order valence-corrected chi connectivity index (χ3v) is 10.9. The summed E-state index contributed by atoms with van der Waals surface area (Å²) >= 11 is 3.24. The van der Waals surface area contributed by atoms with Crippen molar-refractivity contribution in [2.45, 2.75) is 44.1 Å². The SMILES string of the molecule is CSc1c2sc(C3=C(C(=O)O)N4C(=O)[C@H]([C@@H](C)O)[C@H]4[C@H]3C)cn2c[n+]1Cc1ccccc1C[N+]1(C)CCOCC1.[Br-].[Br-]. The number of imidazole rings is 1. The zero-order valence-corrected chi connectivity index (χ0v) is 28.8. The standard InChI is InChI=1S/C29H35N4O5S2.2BrH/c1-17-22(25(29(36)37)32-24(17)23(18(2)34)26(32)35)21-14-31-16-30(27(39-4)28(31)40-21)13-19-7-5-6-8-20(19)15-33(3)9-11-38-12-10-33;;/h5-8,14,16-18,23-24,34H,9-13,15H2,1-4H3;2*1H/q+1;;/p-1/t17-,18+,23+,24+;;/m0../s1. The van der Waals surface area contributed by atoms with E-state index in [9.17, 15) is 19.8 Å². The predicted molar refractivity (Wildman–Crippen MR) is 153 cm³/mol. The van der Waals surface area contributed by atoms with Gasteiger partial charge >= 0.3 is 5.97 Å². The molecular formula is C29H36Br2N4O5S2. The van der Waals surface area contributed by atoms with Gasteiger partial charge in [-0.3, -0.25) is 4.79 Å². The van der Waals surface area contributed by atoms with Crippen LogP contribution in [0.5, 0.6) is 0 Å². The molecule has 0 unspecified atom stereocenters. The number of morpholine rings is 1. The molecule has 9 nitrogen and oxygen atoms in total. The molecule has 3 aliphatic heterocycles. The maximum atomic E-state index is 12.8. The Morgan fingerprint density at radius 3 is 2.52 bits per heavy atom. The quantitative estimate of drug-likeness (QED) is 0.109. The third kappa shape index (κ3) is 5.50. The van der Waals surface area contributed by atoms with Crippen LogP contribution in [0.2, 0.25) is 0 Å². The molecule has 0 spiro atoms. The second-order valence-electron chi connectivity index (χ2n) is 11.5. The summed E-state index contributed by atoms with van der Waals surface area (Å²) in [6, 6.07) is 8.33. The first-order valence-electron chi connectivity index (χ1n) is 13.7. The van der Waals surface area contributed by atoms with Crippen molar-refractivity contribution in [1.82, 2.24) is 9.30 Å². The summed E-state index contributed by atoms with van der Waals surface area (Å²) in [5.41, 5.74) is 3.37. The molecule has 4 atom stereocenters. The Kier molecular flexibility index (Phi) is 10.0. The van der Waals surface area contributed by atoms with Crippen LogP contribution in [0, 0.1) is 11.8 Å². The van der Waals surface area contributed by atoms with Crippen LogP contribution in [0.3, 0.4) is 0 Å². The summed E-state index contributed by atoms with van der Waals surface area (Å²) in [5, 5.41) is 21.4. The summed E-state index contributed by atoms with van der Waals surface area (Å²) in [4.78, 5) is 28.4. The molecule has 0 bridgehead atoms. The minimum Gasteiger partial charge on any atom is -1.00 e. The molecule has 5 heterocycles. The van der Waals surface area contributed by atoms with Gasteiger partial charge < -0.3 is 58.3 Å². The Morgan fingerprint density at radius 2 is 1.90 bits per heavy atom. The molecule has 1 amide bonds. The van der Waals surface area contributed by atoms with Gasteiger partial charge in [-0.15, -0.1) is 0 Å². The molecule has 42 heavy (non-hydrogen) atoms. The summed E-state index contributed by atoms with van der Waals surface area (Å²) in [6.45, 7) is 8.89. The first kappa shape index (κ1) is 33.2. The fourth-order valence-corrected chi connectivity index (χ4v) is 8.85. The Hall–Kier alpha value is -1.74. The minimum atomic E-state index is -1.10. The number of carbonyl (C=O) groups is 2. The monoisotopic (exact) mass is 742 g/mol. The molecule has 228 valence electrons. The number of carboxylic acids is 1. The highest BCUT2D eigenvalue weighted by Crippen LogP contribution is 2.51. The van der Waals surface area contributed by atoms with Crippen LogP contribution in [0.25, 0.3) is 10.4 Å². The second kappa shape index (κ2) is 12.7. The van der Waals surface area contributed by atoms with Gasteiger partial charge in [-0.2, -0.15) is 4.40 Å². The number of halogens is 2. The molecular weight excluding hydrogens is 708 g/mol. The number of thioether (sulfide) groups is 1. The number of hydrogen-bond donors (Lipinski definition) is 2. The van der Waals surface area contributed by atoms with Gasteiger partial charge in [-0.1, -0.05) is 54.3 Å². The van der Waals surface area contributed by atoms with Crippen molar-refractivity contribution in [2.75, 3.05) is 39.6 Å². The van der Waals surface area contributed by atoms with Crippen LogP contribution in [0.1, 0.15) is 29.9 Å². The molecule has 13 heteroatoms. The molecule has 3 aliphatic rings. The molecule has 6 rings (SSSR count). The number of amides is 1. The van der Waals surface area contributed by atoms with Gasteiger partial charge in [0, 0.05) is 22.6 Å². The van der Waals surface area contributed by atoms with Gasteiger partial charge in [0.1, 0.15) is 38.1 Å². The number of aliphatic carboxylic acids is 1. The van der Waals surface area contributed by atoms with Gasteiger partial charge in [0.05, 0.1) is 43.2 Å². The Balaban J connectivity index is 0.00000202. The van der Waals surface area contributed by atoms with E-state index >= 15 is 0 Å². The van der Waals surface area contributed by atoms with Crippen molar-refractivity contribution >= 4 is 45.4 Å². The maximum absolute atomic E-state index is 12.8. The van der Waals surface area contributed by atoms with Gasteiger partial charge in [-0.25, -0.2) is 9.36 Å². The van der Waals surface area contributed by atoms with E-state index in [1.807, 2.05) is 13.1 Å². The smallest absolute Gasteiger partial charge is 0.352 e. The molecule has 0 radical (unpaired) electrons. The fourth-order valence-electron chi connectivity index (χ4n) is 6.67. The van der Waals surface area contributed by atoms with E-state index in [1.165, 1.54) is 16.0 Å². The fraction of sp³-hybridized carbons (Fsp3) is 0.483. The average Bonchev–Trinajstić information content (AvgIpc) is 3.52. The van der Waals surface area contributed by atoms with E-state index in [1.54, 1.807) is 30.0 Å². The number of aliphatic hydroxyl groups excluding tert-OH is 1. The zero-order valence-electron chi connectivity index (χ0n) is 24.0. The first-order valence-corrected chi connectivity index (χ1v) is 15.7. The van der Waals surface area contributed by atoms with Crippen LogP contribution >= 0.6 is 23.1 Å². The molecule has 2 N–H and O–H groups in total. The number of ether oxygens (including phenoxy) is 1. The van der Waals surface area contributed by atoms with Crippen LogP contribution in [-0.2, 0) is 27.4 Å². The molecule has 0 aliphatic carbocycles. The van der Waals surface area contributed by atoms with E-state index < -0.39 is 18.0 Å². The highest BCUT2D eigenvalue weighted by molar-refractivity contribution is 7.98. The number of likely N-dealkylation sites (N-methyl/N-ethyl adjacent to an activating group) is 1. The number of quaternary nitrogens is 1. The summed E-state index contributed by atoms with van der Waals surface area (Å²) in [6.07, 6.45) is 5.32. The number of carbonyl (C=O) groups excluding carboxylic acids is 1. The Morgan fingerprint density at radius 1 is 1.24 bits per heavy atom. The van der Waals surface area contributed by atoms with Gasteiger partial charge in [-0.05, 0) is 13.2 Å². The van der Waals surface area contributed by atoms with Crippen molar-refractivity contribution in [2.24, 2.45) is 11.8 Å². The summed E-state index contributed by atoms with van der Waals surface area (Å²) < 4.78 is 10.9. The largest absolute Gasteiger partial charge is 1.00 e. The highest BCUT2D eigenvalue weighted by Gasteiger charge is 2.60. The maximum Gasteiger partial charge on any atom is 0.352 e. The first-order chi connectivity index (χ1) is 19.1. The molecule has 0 saturated carbocycles. The van der Waals surface area contributed by atoms with Crippen molar-refractivity contribution in [3.05, 3.63) is 58.5 Å². The van der Waals surface area contributed by atoms with Crippen molar-refractivity contribution in [3.63, 3.8) is 0 Å². The second-order valence-corrected chi connectivity index (χ2v) is 13.3. The summed E-state index contributed by atoms with van der Waals surface area (Å²) in [5.74, 6) is -2.17. The number of benzene rings is 1. The van der Waals surface area contributed by atoms with Crippen molar-refractivity contribution in [3.8, 4) is 0 Å². The lowest BCUT2D eigenvalue weighted by Gasteiger charge is -2.46. The molecule has 3 aromatic rings.